The van der Waals surface area contributed by atoms with Gasteiger partial charge in [-0.15, -0.1) is 0 Å². The van der Waals surface area contributed by atoms with Gasteiger partial charge >= 0.3 is 0 Å². The first-order chi connectivity index (χ1) is 8.75. The van der Waals surface area contributed by atoms with Crippen LogP contribution >= 0.6 is 0 Å². The largest absolute Gasteiger partial charge is 0.352 e. The van der Waals surface area contributed by atoms with Crippen molar-refractivity contribution in [2.45, 2.75) is 25.7 Å². The molecule has 1 amide bonds. The lowest BCUT2D eigenvalue weighted by Crippen LogP contribution is -2.31. The van der Waals surface area contributed by atoms with Crippen molar-refractivity contribution in [3.05, 3.63) is 35.6 Å². The molecule has 0 bridgehead atoms. The van der Waals surface area contributed by atoms with Crippen molar-refractivity contribution in [2.75, 3.05) is 6.54 Å². The zero-order valence-corrected chi connectivity index (χ0v) is 10.4. The minimum atomic E-state index is -0.440. The van der Waals surface area contributed by atoms with E-state index in [1.807, 2.05) is 0 Å². The molecule has 2 aliphatic rings. The molecule has 0 unspecified atom stereocenters. The standard InChI is InChI=1S/C15H18FNO/c16-14-4-2-1-3-12(14)15(18)17-9-13(10-5-6-10)11-7-8-11/h1-4,10-11,13H,5-9H2,(H,17,18). The van der Waals surface area contributed by atoms with E-state index in [9.17, 15) is 9.18 Å². The van der Waals surface area contributed by atoms with Crippen molar-refractivity contribution in [1.82, 2.24) is 5.32 Å². The number of carbonyl (C=O) groups is 1. The maximum atomic E-state index is 13.4. The van der Waals surface area contributed by atoms with Crippen LogP contribution < -0.4 is 5.32 Å². The van der Waals surface area contributed by atoms with Gasteiger partial charge in [-0.25, -0.2) is 4.39 Å². The van der Waals surface area contributed by atoms with Crippen LogP contribution in [0.5, 0.6) is 0 Å². The predicted octanol–water partition coefficient (Wildman–Crippen LogP) is 2.99. The van der Waals surface area contributed by atoms with Crippen molar-refractivity contribution in [1.29, 1.82) is 0 Å². The number of benzene rings is 1. The Morgan fingerprint density at radius 1 is 1.22 bits per heavy atom. The van der Waals surface area contributed by atoms with Crippen molar-refractivity contribution >= 4 is 5.91 Å². The van der Waals surface area contributed by atoms with Crippen LogP contribution in [0.1, 0.15) is 36.0 Å². The van der Waals surface area contributed by atoms with Gasteiger partial charge in [-0.2, -0.15) is 0 Å². The van der Waals surface area contributed by atoms with Gasteiger partial charge in [-0.05, 0) is 55.6 Å². The molecule has 1 N–H and O–H groups in total. The topological polar surface area (TPSA) is 29.1 Å². The Labute approximate surface area is 107 Å². The van der Waals surface area contributed by atoms with E-state index in [1.54, 1.807) is 12.1 Å². The molecule has 0 aromatic heterocycles. The van der Waals surface area contributed by atoms with E-state index in [0.29, 0.717) is 12.5 Å². The summed E-state index contributed by atoms with van der Waals surface area (Å²) >= 11 is 0. The highest BCUT2D eigenvalue weighted by atomic mass is 19.1. The minimum Gasteiger partial charge on any atom is -0.352 e. The van der Waals surface area contributed by atoms with E-state index in [-0.39, 0.29) is 11.5 Å². The summed E-state index contributed by atoms with van der Waals surface area (Å²) in [5.74, 6) is 1.52. The highest BCUT2D eigenvalue weighted by Gasteiger charge is 2.41. The Hall–Kier alpha value is -1.38. The van der Waals surface area contributed by atoms with Gasteiger partial charge in [0.2, 0.25) is 0 Å². The van der Waals surface area contributed by atoms with Crippen molar-refractivity contribution in [2.24, 2.45) is 17.8 Å². The Bertz CT molecular complexity index is 440. The van der Waals surface area contributed by atoms with Crippen LogP contribution in [0.15, 0.2) is 24.3 Å². The van der Waals surface area contributed by atoms with Crippen LogP contribution in [-0.2, 0) is 0 Å². The van der Waals surface area contributed by atoms with Crippen molar-refractivity contribution in [3.63, 3.8) is 0 Å². The third-order valence-corrected chi connectivity index (χ3v) is 4.07. The summed E-state index contributed by atoms with van der Waals surface area (Å²) < 4.78 is 13.4. The van der Waals surface area contributed by atoms with E-state index < -0.39 is 5.82 Å². The molecular weight excluding hydrogens is 229 g/mol. The molecule has 1 aromatic rings. The lowest BCUT2D eigenvalue weighted by Gasteiger charge is -2.16. The molecule has 18 heavy (non-hydrogen) atoms. The van der Waals surface area contributed by atoms with Gasteiger partial charge in [0, 0.05) is 6.54 Å². The first-order valence-electron chi connectivity index (χ1n) is 6.78. The quantitative estimate of drug-likeness (QED) is 0.851. The molecule has 2 aliphatic carbocycles. The molecule has 2 fully saturated rings. The molecule has 0 atom stereocenters. The summed E-state index contributed by atoms with van der Waals surface area (Å²) in [5.41, 5.74) is 0.155. The van der Waals surface area contributed by atoms with E-state index in [1.165, 1.54) is 37.8 Å². The summed E-state index contributed by atoms with van der Waals surface area (Å²) in [5, 5.41) is 2.90. The lowest BCUT2D eigenvalue weighted by atomic mass is 9.98. The molecule has 3 rings (SSSR count). The van der Waals surface area contributed by atoms with Crippen LogP contribution in [0.25, 0.3) is 0 Å². The summed E-state index contributed by atoms with van der Waals surface area (Å²) in [4.78, 5) is 11.9. The Morgan fingerprint density at radius 2 is 1.83 bits per heavy atom. The normalized spacial score (nSPS) is 19.0. The average Bonchev–Trinajstić information content (AvgIpc) is 3.24. The summed E-state index contributed by atoms with van der Waals surface area (Å²) in [7, 11) is 0. The zero-order chi connectivity index (χ0) is 12.5. The Kier molecular flexibility index (Phi) is 3.06. The van der Waals surface area contributed by atoms with Gasteiger partial charge in [-0.1, -0.05) is 12.1 Å². The average molecular weight is 247 g/mol. The molecular formula is C15H18FNO. The minimum absolute atomic E-state index is 0.155. The molecule has 0 radical (unpaired) electrons. The maximum Gasteiger partial charge on any atom is 0.254 e. The molecule has 2 saturated carbocycles. The molecule has 0 aliphatic heterocycles. The lowest BCUT2D eigenvalue weighted by molar-refractivity contribution is 0.0939. The molecule has 0 heterocycles. The van der Waals surface area contributed by atoms with Gasteiger partial charge in [0.15, 0.2) is 0 Å². The van der Waals surface area contributed by atoms with E-state index in [0.717, 1.165) is 11.8 Å². The summed E-state index contributed by atoms with van der Waals surface area (Å²) in [6.07, 6.45) is 5.21. The van der Waals surface area contributed by atoms with Crippen LogP contribution in [0.3, 0.4) is 0 Å². The summed E-state index contributed by atoms with van der Waals surface area (Å²) in [6.45, 7) is 0.711. The highest BCUT2D eigenvalue weighted by molar-refractivity contribution is 5.94. The fraction of sp³-hybridized carbons (Fsp3) is 0.533. The van der Waals surface area contributed by atoms with Crippen LogP contribution in [0.2, 0.25) is 0 Å². The molecule has 96 valence electrons. The number of amides is 1. The summed E-state index contributed by atoms with van der Waals surface area (Å²) in [6, 6.07) is 6.16. The smallest absolute Gasteiger partial charge is 0.254 e. The monoisotopic (exact) mass is 247 g/mol. The van der Waals surface area contributed by atoms with Crippen molar-refractivity contribution in [3.8, 4) is 0 Å². The molecule has 2 nitrogen and oxygen atoms in total. The van der Waals surface area contributed by atoms with E-state index >= 15 is 0 Å². The second-order valence-electron chi connectivity index (χ2n) is 5.53. The number of nitrogens with one attached hydrogen (secondary N) is 1. The fourth-order valence-electron chi connectivity index (χ4n) is 2.72. The van der Waals surface area contributed by atoms with Gasteiger partial charge in [-0.3, -0.25) is 4.79 Å². The molecule has 0 saturated heterocycles. The van der Waals surface area contributed by atoms with Gasteiger partial charge in [0.05, 0.1) is 5.56 Å². The number of halogens is 1. The van der Waals surface area contributed by atoms with Crippen LogP contribution in [0.4, 0.5) is 4.39 Å². The third kappa shape index (κ3) is 2.55. The maximum absolute atomic E-state index is 13.4. The van der Waals surface area contributed by atoms with Gasteiger partial charge in [0.25, 0.3) is 5.91 Å². The van der Waals surface area contributed by atoms with E-state index in [4.69, 9.17) is 0 Å². The van der Waals surface area contributed by atoms with Gasteiger partial charge in [0.1, 0.15) is 5.82 Å². The molecule has 1 aromatic carbocycles. The van der Waals surface area contributed by atoms with Gasteiger partial charge < -0.3 is 5.32 Å². The second kappa shape index (κ2) is 4.71. The Balaban J connectivity index is 1.59. The zero-order valence-electron chi connectivity index (χ0n) is 10.4. The number of hydrogen-bond donors (Lipinski definition) is 1. The third-order valence-electron chi connectivity index (χ3n) is 4.07. The highest BCUT2D eigenvalue weighted by Crippen LogP contribution is 2.48. The van der Waals surface area contributed by atoms with Crippen molar-refractivity contribution < 1.29 is 9.18 Å². The molecule has 3 heteroatoms. The fourth-order valence-corrected chi connectivity index (χ4v) is 2.72. The first kappa shape index (κ1) is 11.7. The predicted molar refractivity (Wildman–Crippen MR) is 67.7 cm³/mol. The van der Waals surface area contributed by atoms with Crippen LogP contribution in [0, 0.1) is 23.6 Å². The molecule has 0 spiro atoms. The Morgan fingerprint density at radius 3 is 2.39 bits per heavy atom. The van der Waals surface area contributed by atoms with Crippen LogP contribution in [-0.4, -0.2) is 12.5 Å². The SMILES string of the molecule is O=C(NCC(C1CC1)C1CC1)c1ccccc1F. The first-order valence-corrected chi connectivity index (χ1v) is 6.78. The number of rotatable bonds is 5. The second-order valence-corrected chi connectivity index (χ2v) is 5.53. The number of carbonyl (C=O) groups excluding carboxylic acids is 1. The number of hydrogen-bond acceptors (Lipinski definition) is 1. The van der Waals surface area contributed by atoms with E-state index in [2.05, 4.69) is 5.32 Å².